The Balaban J connectivity index is 0.000000939. The van der Waals surface area contributed by atoms with E-state index in [1.807, 2.05) is 51.1 Å². The van der Waals surface area contributed by atoms with Crippen molar-refractivity contribution in [2.24, 2.45) is 11.8 Å². The molecule has 1 heterocycles. The van der Waals surface area contributed by atoms with Crippen molar-refractivity contribution < 1.29 is 94.1 Å². The average molecular weight is 1150 g/mol. The minimum Gasteiger partial charge on any atom is -0.445 e. The van der Waals surface area contributed by atoms with E-state index in [4.69, 9.17) is 10.1 Å². The topological polar surface area (TPSA) is 120 Å². The van der Waals surface area contributed by atoms with E-state index in [0.717, 1.165) is 28.2 Å². The summed E-state index contributed by atoms with van der Waals surface area (Å²) >= 11 is 0. The number of H-pyrrole nitrogens is 1. The van der Waals surface area contributed by atoms with E-state index in [1.54, 1.807) is 13.1 Å². The predicted molar refractivity (Wildman–Crippen MR) is 179 cm³/mol. The van der Waals surface area contributed by atoms with Crippen molar-refractivity contribution in [3.8, 4) is 0 Å². The largest absolute Gasteiger partial charge is 2.00 e. The van der Waals surface area contributed by atoms with E-state index in [-0.39, 0.29) is 105 Å². The number of alkyl carbamates (subject to hydrolysis) is 1. The van der Waals surface area contributed by atoms with Crippen molar-refractivity contribution in [1.29, 1.82) is 5.41 Å². The van der Waals surface area contributed by atoms with Crippen LogP contribution in [0, 0.1) is 113 Å². The molecule has 2 aromatic rings. The number of carbonyl (C=O) groups excluding carboxylic acids is 2. The molecule has 1 saturated carbocycles. The van der Waals surface area contributed by atoms with Crippen LogP contribution in [-0.2, 0) is 16.1 Å². The summed E-state index contributed by atoms with van der Waals surface area (Å²) in [5, 5.41) is 13.1. The number of aryl methyl sites for hydroxylation is 1. The average Bonchev–Trinajstić information content (AvgIpc) is 3.46. The van der Waals surface area contributed by atoms with Crippen LogP contribution < -0.4 is 10.6 Å². The number of aromatic amines is 1. The van der Waals surface area contributed by atoms with Gasteiger partial charge in [-0.3, -0.25) is 6.42 Å². The van der Waals surface area contributed by atoms with Gasteiger partial charge >= 0.3 is 68.3 Å². The van der Waals surface area contributed by atoms with Gasteiger partial charge < -0.3 is 44.4 Å². The molecule has 1 fully saturated rings. The Morgan fingerprint density at radius 2 is 1.74 bits per heavy atom. The van der Waals surface area contributed by atoms with Gasteiger partial charge in [0.15, 0.2) is 0 Å². The number of nitrogens with one attached hydrogen (secondary N) is 4. The smallest absolute Gasteiger partial charge is 0.445 e. The maximum atomic E-state index is 14.2. The molecule has 0 spiro atoms. The van der Waals surface area contributed by atoms with Crippen LogP contribution in [0.5, 0.6) is 0 Å². The van der Waals surface area contributed by atoms with Crippen LogP contribution >= 0.6 is 0 Å². The minimum atomic E-state index is -4.41. The van der Waals surface area contributed by atoms with Crippen molar-refractivity contribution >= 4 is 17.7 Å². The summed E-state index contributed by atoms with van der Waals surface area (Å²) in [5.74, 6) is 0.366. The Kier molecular flexibility index (Phi) is 22.9. The van der Waals surface area contributed by atoms with Gasteiger partial charge in [-0.1, -0.05) is 41.8 Å². The van der Waals surface area contributed by atoms with E-state index >= 15 is 0 Å². The molecule has 1 aromatic carbocycles. The van der Waals surface area contributed by atoms with Crippen LogP contribution in [0.4, 0.5) is 22.4 Å². The molecule has 0 radical (unpaired) electrons. The van der Waals surface area contributed by atoms with Crippen molar-refractivity contribution in [3.63, 3.8) is 0 Å². The fourth-order valence-corrected chi connectivity index (χ4v) is 5.55. The second kappa shape index (κ2) is 23.8. The summed E-state index contributed by atoms with van der Waals surface area (Å²) in [6.07, 6.45) is 1.79. The number of nitrogens with zero attached hydrogens (tertiary/aromatic N) is 1. The third-order valence-corrected chi connectivity index (χ3v) is 8.16. The molecule has 8 nitrogen and oxygen atoms in total. The summed E-state index contributed by atoms with van der Waals surface area (Å²) in [6.45, 7) is 14.6. The molecule has 4 N–H and O–H groups in total. The Bertz CT molecular complexity index is 1330. The third-order valence-electron chi connectivity index (χ3n) is 8.16. The first-order valence-corrected chi connectivity index (χ1v) is 16.1. The number of hydrogen-bond acceptors (Lipinski definition) is 5. The SMILES string of the molecule is Cc1ncc(C(NC(=O)OCc2ccccc2)C2CCC(C)(F)CC2)[nH]1.[CH2-]CC(C[CH2-])C(C(=N)C[CH-]C(=O)NC[CH-]C(F)(F)F)=C(C)C.[U+2].[U+2]. The van der Waals surface area contributed by atoms with Crippen molar-refractivity contribution in [3.05, 3.63) is 91.4 Å². The van der Waals surface area contributed by atoms with Crippen LogP contribution in [0.2, 0.25) is 0 Å². The van der Waals surface area contributed by atoms with Gasteiger partial charge in [-0.15, -0.1) is 13.0 Å². The molecular formula is C36H49F4N5O3U2. The number of ether oxygens (including phenoxy) is 1. The maximum absolute atomic E-state index is 14.2. The number of benzene rings is 1. The van der Waals surface area contributed by atoms with Gasteiger partial charge in [-0.05, 0) is 70.4 Å². The van der Waals surface area contributed by atoms with Crippen LogP contribution in [0.1, 0.15) is 88.8 Å². The Morgan fingerprint density at radius 1 is 1.14 bits per heavy atom. The number of imidazole rings is 1. The molecule has 272 valence electrons. The minimum absolute atomic E-state index is 0. The monoisotopic (exact) mass is 1150 g/mol. The number of alkyl halides is 4. The van der Waals surface area contributed by atoms with Crippen molar-refractivity contribution in [1.82, 2.24) is 20.6 Å². The maximum Gasteiger partial charge on any atom is 2.00 e. The summed E-state index contributed by atoms with van der Waals surface area (Å²) in [4.78, 5) is 31.2. The fourth-order valence-electron chi connectivity index (χ4n) is 5.55. The van der Waals surface area contributed by atoms with Gasteiger partial charge in [0.25, 0.3) is 6.18 Å². The van der Waals surface area contributed by atoms with Gasteiger partial charge in [0.1, 0.15) is 18.1 Å². The molecule has 1 unspecified atom stereocenters. The van der Waals surface area contributed by atoms with Gasteiger partial charge in [-0.25, -0.2) is 33.8 Å². The molecule has 0 aliphatic heterocycles. The Labute approximate surface area is 342 Å². The summed E-state index contributed by atoms with van der Waals surface area (Å²) in [7, 11) is 0. The first-order valence-electron chi connectivity index (χ1n) is 16.1. The van der Waals surface area contributed by atoms with Crippen molar-refractivity contribution in [2.45, 2.75) is 97.1 Å². The van der Waals surface area contributed by atoms with Crippen LogP contribution in [0.3, 0.4) is 0 Å². The molecule has 0 bridgehead atoms. The number of amides is 2. The quantitative estimate of drug-likeness (QED) is 0.0863. The first kappa shape index (κ1) is 48.3. The molecule has 1 aromatic heterocycles. The number of aromatic nitrogens is 2. The summed E-state index contributed by atoms with van der Waals surface area (Å²) in [5.41, 5.74) is 2.71. The second-order valence-corrected chi connectivity index (χ2v) is 12.4. The van der Waals surface area contributed by atoms with Crippen LogP contribution in [-0.4, -0.2) is 46.1 Å². The molecule has 14 heteroatoms. The molecular weight excluding hydrogens is 1100 g/mol. The van der Waals surface area contributed by atoms with E-state index in [2.05, 4.69) is 34.4 Å². The summed E-state index contributed by atoms with van der Waals surface area (Å²) in [6, 6.07) is 9.29. The van der Waals surface area contributed by atoms with E-state index in [0.29, 0.717) is 38.5 Å². The van der Waals surface area contributed by atoms with E-state index in [1.165, 1.54) is 6.42 Å². The molecule has 0 saturated heterocycles. The number of hydrogen-bond donors (Lipinski definition) is 4. The Morgan fingerprint density at radius 3 is 2.24 bits per heavy atom. The predicted octanol–water partition coefficient (Wildman–Crippen LogP) is 8.49. The number of halogens is 4. The molecule has 1 aliphatic rings. The molecule has 50 heavy (non-hydrogen) atoms. The van der Waals surface area contributed by atoms with Gasteiger partial charge in [0, 0.05) is 5.71 Å². The zero-order valence-electron chi connectivity index (χ0n) is 29.3. The Hall–Kier alpha value is -1.73. The summed E-state index contributed by atoms with van der Waals surface area (Å²) < 4.78 is 55.3. The molecule has 3 rings (SSSR count). The first-order chi connectivity index (χ1) is 22.5. The van der Waals surface area contributed by atoms with Gasteiger partial charge in [0.05, 0.1) is 23.8 Å². The van der Waals surface area contributed by atoms with Crippen molar-refractivity contribution in [2.75, 3.05) is 6.54 Å². The molecule has 1 atom stereocenters. The molecule has 1 aliphatic carbocycles. The normalized spacial score (nSPS) is 17.5. The van der Waals surface area contributed by atoms with Gasteiger partial charge in [-0.2, -0.15) is 12.8 Å². The number of rotatable bonds is 14. The van der Waals surface area contributed by atoms with Gasteiger partial charge in [0.2, 0.25) is 0 Å². The van der Waals surface area contributed by atoms with Crippen LogP contribution in [0.25, 0.3) is 0 Å². The number of allylic oxidation sites excluding steroid dienone is 2. The van der Waals surface area contributed by atoms with Crippen LogP contribution in [0.15, 0.2) is 47.7 Å². The third kappa shape index (κ3) is 18.2. The van der Waals surface area contributed by atoms with E-state index in [9.17, 15) is 27.2 Å². The second-order valence-electron chi connectivity index (χ2n) is 12.4. The van der Waals surface area contributed by atoms with E-state index < -0.39 is 30.4 Å². The number of carbonyl (C=O) groups is 2. The zero-order valence-corrected chi connectivity index (χ0v) is 37.6. The fraction of sp³-hybridized carbons (Fsp3) is 0.500. The molecule has 2 amide bonds. The zero-order chi connectivity index (χ0) is 35.9. The standard InChI is InChI=1S/C20H26FN3O2.C16H23F3N2O.2U/c1-14-22-12-17(23-14)18(16-8-10-20(2,21)11-9-16)24-19(25)26-13-15-6-4-3-5-7-15;1-5-12(6-2)15(11(3)4)13(20)7-8-14(22)21-10-9-16(17,18)19;;/h3-7,12,16,18H,8-11,13H2,1-2H3,(H,22,23)(H,24,25);8-9,12,20H,1-2,5-7,10H2,3-4H3,(H,21,22);;/q;-4;2*+2.